The molecule has 0 aromatic carbocycles. The van der Waals surface area contributed by atoms with Crippen LogP contribution in [0.15, 0.2) is 0 Å². The van der Waals surface area contributed by atoms with Crippen LogP contribution in [0.2, 0.25) is 52.4 Å². The first-order chi connectivity index (χ1) is 6.41. The lowest BCUT2D eigenvalue weighted by atomic mass is 11.7. The molecule has 0 saturated carbocycles. The molecule has 0 spiro atoms. The van der Waals surface area contributed by atoms with Crippen molar-refractivity contribution >= 4 is 24.7 Å². The normalized spacial score (nSPS) is 14.4. The molecule has 0 N–H and O–H groups in total. The Balaban J connectivity index is 3.98. The highest BCUT2D eigenvalue weighted by atomic mass is 28.4. The Kier molecular flexibility index (Phi) is 5.47. The predicted octanol–water partition coefficient (Wildman–Crippen LogP) is 3.48. The van der Waals surface area contributed by atoms with E-state index in [1.165, 1.54) is 0 Å². The van der Waals surface area contributed by atoms with Crippen molar-refractivity contribution in [3.8, 4) is 0 Å². The zero-order valence-corrected chi connectivity index (χ0v) is 14.7. The summed E-state index contributed by atoms with van der Waals surface area (Å²) in [6, 6.07) is 0. The molecule has 0 heterocycles. The van der Waals surface area contributed by atoms with Gasteiger partial charge in [-0.05, 0) is 13.1 Å². The van der Waals surface area contributed by atoms with Crippen molar-refractivity contribution in [3.63, 3.8) is 0 Å². The molecular formula is C10H28O2Si3. The second kappa shape index (κ2) is 5.27. The van der Waals surface area contributed by atoms with E-state index in [2.05, 4.69) is 52.4 Å². The van der Waals surface area contributed by atoms with Gasteiger partial charge in [-0.1, -0.05) is 39.3 Å². The van der Waals surface area contributed by atoms with Gasteiger partial charge in [-0.15, -0.1) is 0 Å². The maximum atomic E-state index is 5.99. The third kappa shape index (κ3) is 10.8. The van der Waals surface area contributed by atoms with Crippen LogP contribution >= 0.6 is 0 Å². The molecule has 0 saturated heterocycles. The van der Waals surface area contributed by atoms with E-state index in [0.29, 0.717) is 0 Å². The fraction of sp³-hybridized carbons (Fsp3) is 1.00. The average molecular weight is 265 g/mol. The summed E-state index contributed by atoms with van der Waals surface area (Å²) in [5.74, 6) is 0. The summed E-state index contributed by atoms with van der Waals surface area (Å²) in [5, 5.41) is 0. The second-order valence-electron chi connectivity index (χ2n) is 7.10. The van der Waals surface area contributed by atoms with Crippen molar-refractivity contribution in [3.05, 3.63) is 0 Å². The monoisotopic (exact) mass is 264 g/mol. The van der Waals surface area contributed by atoms with Crippen LogP contribution in [0.25, 0.3) is 0 Å². The Hall–Kier alpha value is 0.571. The first-order valence-electron chi connectivity index (χ1n) is 5.69. The fourth-order valence-electron chi connectivity index (χ4n) is 0.822. The first kappa shape index (κ1) is 15.6. The molecule has 0 aromatic heterocycles. The molecule has 0 amide bonds. The Morgan fingerprint density at radius 1 is 0.600 bits per heavy atom. The van der Waals surface area contributed by atoms with E-state index in [9.17, 15) is 0 Å². The summed E-state index contributed by atoms with van der Waals surface area (Å²) < 4.78 is 12.0. The van der Waals surface area contributed by atoms with Gasteiger partial charge in [-0.25, -0.2) is 0 Å². The zero-order valence-electron chi connectivity index (χ0n) is 11.7. The highest BCUT2D eigenvalue weighted by molar-refractivity contribution is 6.78. The average Bonchev–Trinajstić information content (AvgIpc) is 1.96. The quantitative estimate of drug-likeness (QED) is 0.684. The molecule has 0 rings (SSSR count). The van der Waals surface area contributed by atoms with Crippen LogP contribution in [0.1, 0.15) is 0 Å². The standard InChI is InChI=1S/C10H28O2Si3/c1-13(2,3)9-11-15(7,8)12-10-14(4,5)6/h9-10H2,1-8H3. The Morgan fingerprint density at radius 3 is 1.07 bits per heavy atom. The minimum atomic E-state index is -1.85. The molecule has 0 aliphatic heterocycles. The lowest BCUT2D eigenvalue weighted by molar-refractivity contribution is 0.226. The first-order valence-corrected chi connectivity index (χ1v) is 15.9. The van der Waals surface area contributed by atoms with Crippen LogP contribution in [0.4, 0.5) is 0 Å². The van der Waals surface area contributed by atoms with E-state index in [0.717, 1.165) is 12.5 Å². The van der Waals surface area contributed by atoms with E-state index < -0.39 is 24.7 Å². The van der Waals surface area contributed by atoms with Crippen molar-refractivity contribution in [1.29, 1.82) is 0 Å². The van der Waals surface area contributed by atoms with E-state index in [1.54, 1.807) is 0 Å². The van der Waals surface area contributed by atoms with Crippen molar-refractivity contribution in [2.24, 2.45) is 0 Å². The van der Waals surface area contributed by atoms with Crippen LogP contribution in [0, 0.1) is 0 Å². The largest absolute Gasteiger partial charge is 0.398 e. The van der Waals surface area contributed by atoms with Crippen molar-refractivity contribution in [1.82, 2.24) is 0 Å². The third-order valence-corrected chi connectivity index (χ3v) is 5.98. The van der Waals surface area contributed by atoms with Gasteiger partial charge in [-0.3, -0.25) is 0 Å². The lowest BCUT2D eigenvalue weighted by Gasteiger charge is -2.29. The van der Waals surface area contributed by atoms with Crippen LogP contribution < -0.4 is 0 Å². The van der Waals surface area contributed by atoms with Crippen molar-refractivity contribution in [2.75, 3.05) is 12.5 Å². The summed E-state index contributed by atoms with van der Waals surface area (Å²) in [7, 11) is -4.05. The zero-order chi connectivity index (χ0) is 12.3. The molecule has 2 nitrogen and oxygen atoms in total. The van der Waals surface area contributed by atoms with E-state index in [1.807, 2.05) is 0 Å². The smallest absolute Gasteiger partial charge is 0.331 e. The second-order valence-corrected chi connectivity index (χ2v) is 21.3. The van der Waals surface area contributed by atoms with Gasteiger partial charge < -0.3 is 8.85 Å². The molecule has 92 valence electrons. The van der Waals surface area contributed by atoms with Crippen molar-refractivity contribution < 1.29 is 8.85 Å². The molecule has 0 fully saturated rings. The van der Waals surface area contributed by atoms with Gasteiger partial charge in [0, 0.05) is 12.5 Å². The van der Waals surface area contributed by atoms with Crippen LogP contribution in [-0.4, -0.2) is 37.2 Å². The van der Waals surface area contributed by atoms with Gasteiger partial charge in [0.1, 0.15) is 0 Å². The topological polar surface area (TPSA) is 18.5 Å². The molecule has 5 heteroatoms. The summed E-state index contributed by atoms with van der Waals surface area (Å²) >= 11 is 0. The van der Waals surface area contributed by atoms with E-state index in [-0.39, 0.29) is 0 Å². The maximum Gasteiger partial charge on any atom is 0.331 e. The molecule has 0 bridgehead atoms. The maximum absolute atomic E-state index is 5.99. The summed E-state index contributed by atoms with van der Waals surface area (Å²) in [4.78, 5) is 0. The minimum Gasteiger partial charge on any atom is -0.398 e. The molecule has 0 unspecified atom stereocenters. The SMILES string of the molecule is C[Si](C)(C)CO[Si](C)(C)OC[Si](C)(C)C. The molecule has 0 aromatic rings. The minimum absolute atomic E-state index is 0.928. The van der Waals surface area contributed by atoms with E-state index >= 15 is 0 Å². The lowest BCUT2D eigenvalue weighted by Crippen LogP contribution is -2.44. The predicted molar refractivity (Wildman–Crippen MR) is 76.1 cm³/mol. The molecular weight excluding hydrogens is 236 g/mol. The summed E-state index contributed by atoms with van der Waals surface area (Å²) in [6.45, 7) is 18.3. The van der Waals surface area contributed by atoms with Gasteiger partial charge in [-0.2, -0.15) is 0 Å². The summed E-state index contributed by atoms with van der Waals surface area (Å²) in [5.41, 5.74) is 0. The van der Waals surface area contributed by atoms with Crippen LogP contribution in [0.3, 0.4) is 0 Å². The van der Waals surface area contributed by atoms with Gasteiger partial charge >= 0.3 is 8.56 Å². The van der Waals surface area contributed by atoms with Gasteiger partial charge in [0.2, 0.25) is 0 Å². The number of rotatable bonds is 6. The highest BCUT2D eigenvalue weighted by Gasteiger charge is 2.29. The highest BCUT2D eigenvalue weighted by Crippen LogP contribution is 2.13. The van der Waals surface area contributed by atoms with Gasteiger partial charge in [0.25, 0.3) is 0 Å². The third-order valence-electron chi connectivity index (χ3n) is 1.71. The van der Waals surface area contributed by atoms with Crippen molar-refractivity contribution in [2.45, 2.75) is 52.4 Å². The van der Waals surface area contributed by atoms with Crippen LogP contribution in [-0.2, 0) is 8.85 Å². The molecule has 0 aliphatic rings. The Bertz CT molecular complexity index is 172. The molecule has 15 heavy (non-hydrogen) atoms. The fourth-order valence-corrected chi connectivity index (χ4v) is 7.15. The molecule has 0 aliphatic carbocycles. The summed E-state index contributed by atoms with van der Waals surface area (Å²) in [6.07, 6.45) is 1.86. The number of hydrogen-bond donors (Lipinski definition) is 0. The Labute approximate surface area is 98.6 Å². The van der Waals surface area contributed by atoms with Gasteiger partial charge in [0.15, 0.2) is 0 Å². The molecule has 0 atom stereocenters. The van der Waals surface area contributed by atoms with E-state index in [4.69, 9.17) is 8.85 Å². The number of hydrogen-bond acceptors (Lipinski definition) is 2. The Morgan fingerprint density at radius 2 is 0.867 bits per heavy atom. The van der Waals surface area contributed by atoms with Crippen LogP contribution in [0.5, 0.6) is 0 Å². The molecule has 0 radical (unpaired) electrons. The van der Waals surface area contributed by atoms with Gasteiger partial charge in [0.05, 0.1) is 16.1 Å².